The highest BCUT2D eigenvalue weighted by molar-refractivity contribution is 4.72. The Kier molecular flexibility index (Phi) is 9.76. The fourth-order valence-electron chi connectivity index (χ4n) is 2.25. The third-order valence-electron chi connectivity index (χ3n) is 3.80. The van der Waals surface area contributed by atoms with Crippen LogP contribution in [0, 0.1) is 5.92 Å². The Bertz CT molecular complexity index is 190. The molecule has 0 aliphatic rings. The summed E-state index contributed by atoms with van der Waals surface area (Å²) in [7, 11) is 0. The molecule has 0 aliphatic carbocycles. The molecule has 0 radical (unpaired) electrons. The molecule has 0 heterocycles. The molecule has 3 atom stereocenters. The number of hydrogen-bond donors (Lipinski definition) is 1. The van der Waals surface area contributed by atoms with Crippen molar-refractivity contribution < 1.29 is 9.84 Å². The standard InChI is InChI=1S/C16H34O2/c1-6-9-12-14(4)16(5,17)18-15(11-8-3)13-10-7-2/h14-15,17H,6-13H2,1-5H3. The zero-order chi connectivity index (χ0) is 14.0. The molecule has 0 bridgehead atoms. The Balaban J connectivity index is 4.28. The molecule has 0 aromatic rings. The third kappa shape index (κ3) is 7.38. The third-order valence-corrected chi connectivity index (χ3v) is 3.80. The van der Waals surface area contributed by atoms with Crippen molar-refractivity contribution in [2.45, 2.75) is 97.9 Å². The molecule has 110 valence electrons. The summed E-state index contributed by atoms with van der Waals surface area (Å²) in [6.45, 7) is 10.5. The molecule has 2 nitrogen and oxygen atoms in total. The van der Waals surface area contributed by atoms with Crippen LogP contribution in [-0.2, 0) is 4.74 Å². The molecular formula is C16H34O2. The van der Waals surface area contributed by atoms with Crippen molar-refractivity contribution in [3.8, 4) is 0 Å². The van der Waals surface area contributed by atoms with E-state index in [1.165, 1.54) is 19.3 Å². The molecule has 3 unspecified atom stereocenters. The Morgan fingerprint density at radius 3 is 2.00 bits per heavy atom. The second-order valence-corrected chi connectivity index (χ2v) is 5.77. The van der Waals surface area contributed by atoms with Crippen LogP contribution >= 0.6 is 0 Å². The van der Waals surface area contributed by atoms with Crippen LogP contribution in [0.3, 0.4) is 0 Å². The smallest absolute Gasteiger partial charge is 0.165 e. The predicted octanol–water partition coefficient (Wildman–Crippen LogP) is 4.90. The normalized spacial score (nSPS) is 18.3. The van der Waals surface area contributed by atoms with Crippen molar-refractivity contribution in [3.63, 3.8) is 0 Å². The highest BCUT2D eigenvalue weighted by atomic mass is 16.6. The number of rotatable bonds is 11. The molecule has 0 spiro atoms. The van der Waals surface area contributed by atoms with Gasteiger partial charge in [-0.15, -0.1) is 0 Å². The van der Waals surface area contributed by atoms with Gasteiger partial charge in [0.05, 0.1) is 6.10 Å². The van der Waals surface area contributed by atoms with Crippen molar-refractivity contribution in [3.05, 3.63) is 0 Å². The van der Waals surface area contributed by atoms with Crippen LogP contribution in [0.15, 0.2) is 0 Å². The molecule has 0 aliphatic heterocycles. The second-order valence-electron chi connectivity index (χ2n) is 5.77. The highest BCUT2D eigenvalue weighted by Gasteiger charge is 2.31. The van der Waals surface area contributed by atoms with Gasteiger partial charge in [0.15, 0.2) is 5.79 Å². The van der Waals surface area contributed by atoms with Crippen LogP contribution in [0.1, 0.15) is 86.0 Å². The average molecular weight is 258 g/mol. The zero-order valence-corrected chi connectivity index (χ0v) is 13.2. The van der Waals surface area contributed by atoms with Gasteiger partial charge in [0, 0.05) is 5.92 Å². The van der Waals surface area contributed by atoms with E-state index in [0.717, 1.165) is 32.1 Å². The summed E-state index contributed by atoms with van der Waals surface area (Å²) < 4.78 is 5.99. The first kappa shape index (κ1) is 17.9. The lowest BCUT2D eigenvalue weighted by molar-refractivity contribution is -0.249. The molecule has 1 N–H and O–H groups in total. The van der Waals surface area contributed by atoms with Gasteiger partial charge in [0.25, 0.3) is 0 Å². The quantitative estimate of drug-likeness (QED) is 0.534. The predicted molar refractivity (Wildman–Crippen MR) is 78.6 cm³/mol. The van der Waals surface area contributed by atoms with Crippen molar-refractivity contribution in [2.24, 2.45) is 5.92 Å². The van der Waals surface area contributed by atoms with E-state index in [4.69, 9.17) is 4.74 Å². The van der Waals surface area contributed by atoms with Gasteiger partial charge in [0.1, 0.15) is 0 Å². The Labute approximate surface area is 114 Å². The maximum absolute atomic E-state index is 10.5. The maximum Gasteiger partial charge on any atom is 0.165 e. The van der Waals surface area contributed by atoms with Crippen molar-refractivity contribution in [1.82, 2.24) is 0 Å². The highest BCUT2D eigenvalue weighted by Crippen LogP contribution is 2.27. The molecule has 0 amide bonds. The van der Waals surface area contributed by atoms with Crippen LogP contribution in [0.2, 0.25) is 0 Å². The molecular weight excluding hydrogens is 224 g/mol. The summed E-state index contributed by atoms with van der Waals surface area (Å²) in [5, 5.41) is 10.5. The molecule has 0 aromatic carbocycles. The molecule has 18 heavy (non-hydrogen) atoms. The molecule has 0 rings (SSSR count). The molecule has 0 saturated heterocycles. The SMILES string of the molecule is CCCCC(CCC)OC(C)(O)C(C)CCCC. The summed E-state index contributed by atoms with van der Waals surface area (Å²) in [6.07, 6.45) is 9.21. The molecule has 0 aromatic heterocycles. The van der Waals surface area contributed by atoms with Gasteiger partial charge in [-0.2, -0.15) is 0 Å². The average Bonchev–Trinajstić information content (AvgIpc) is 2.32. The Morgan fingerprint density at radius 1 is 0.944 bits per heavy atom. The lowest BCUT2D eigenvalue weighted by atomic mass is 9.95. The van der Waals surface area contributed by atoms with Gasteiger partial charge in [-0.3, -0.25) is 0 Å². The number of unbranched alkanes of at least 4 members (excludes halogenated alkanes) is 2. The lowest BCUT2D eigenvalue weighted by Crippen LogP contribution is -2.39. The maximum atomic E-state index is 10.5. The molecule has 0 fully saturated rings. The van der Waals surface area contributed by atoms with Gasteiger partial charge in [-0.25, -0.2) is 0 Å². The van der Waals surface area contributed by atoms with E-state index in [9.17, 15) is 5.11 Å². The van der Waals surface area contributed by atoms with Gasteiger partial charge in [-0.05, 0) is 26.2 Å². The first-order chi connectivity index (χ1) is 8.47. The van der Waals surface area contributed by atoms with Crippen LogP contribution in [0.4, 0.5) is 0 Å². The van der Waals surface area contributed by atoms with E-state index < -0.39 is 5.79 Å². The fourth-order valence-corrected chi connectivity index (χ4v) is 2.25. The van der Waals surface area contributed by atoms with Crippen molar-refractivity contribution in [2.75, 3.05) is 0 Å². The first-order valence-electron chi connectivity index (χ1n) is 7.88. The van der Waals surface area contributed by atoms with Crippen LogP contribution in [-0.4, -0.2) is 17.0 Å². The summed E-state index contributed by atoms with van der Waals surface area (Å²) in [5.74, 6) is -0.763. The van der Waals surface area contributed by atoms with E-state index in [1.807, 2.05) is 6.92 Å². The summed E-state index contributed by atoms with van der Waals surface area (Å²) in [5.41, 5.74) is 0. The van der Waals surface area contributed by atoms with Crippen LogP contribution < -0.4 is 0 Å². The van der Waals surface area contributed by atoms with E-state index in [1.54, 1.807) is 0 Å². The molecule has 0 saturated carbocycles. The fraction of sp³-hybridized carbons (Fsp3) is 1.00. The van der Waals surface area contributed by atoms with E-state index >= 15 is 0 Å². The summed E-state index contributed by atoms with van der Waals surface area (Å²) in [4.78, 5) is 0. The largest absolute Gasteiger partial charge is 0.365 e. The van der Waals surface area contributed by atoms with Gasteiger partial charge in [-0.1, -0.05) is 59.8 Å². The van der Waals surface area contributed by atoms with Gasteiger partial charge in [0.2, 0.25) is 0 Å². The zero-order valence-electron chi connectivity index (χ0n) is 13.2. The monoisotopic (exact) mass is 258 g/mol. The van der Waals surface area contributed by atoms with Crippen molar-refractivity contribution >= 4 is 0 Å². The van der Waals surface area contributed by atoms with Crippen LogP contribution in [0.25, 0.3) is 0 Å². The first-order valence-corrected chi connectivity index (χ1v) is 7.88. The number of hydrogen-bond acceptors (Lipinski definition) is 2. The Hall–Kier alpha value is -0.0800. The number of aliphatic hydroxyl groups is 1. The summed E-state index contributed by atoms with van der Waals surface area (Å²) >= 11 is 0. The number of ether oxygens (including phenoxy) is 1. The molecule has 2 heteroatoms. The van der Waals surface area contributed by atoms with Crippen molar-refractivity contribution in [1.29, 1.82) is 0 Å². The minimum atomic E-state index is -0.969. The van der Waals surface area contributed by atoms with E-state index in [2.05, 4.69) is 27.7 Å². The van der Waals surface area contributed by atoms with E-state index in [-0.39, 0.29) is 12.0 Å². The second kappa shape index (κ2) is 9.80. The van der Waals surface area contributed by atoms with Crippen LogP contribution in [0.5, 0.6) is 0 Å². The van der Waals surface area contributed by atoms with Gasteiger partial charge >= 0.3 is 0 Å². The minimum absolute atomic E-state index is 0.207. The topological polar surface area (TPSA) is 29.5 Å². The van der Waals surface area contributed by atoms with Gasteiger partial charge < -0.3 is 9.84 Å². The lowest BCUT2D eigenvalue weighted by Gasteiger charge is -2.34. The minimum Gasteiger partial charge on any atom is -0.365 e. The summed E-state index contributed by atoms with van der Waals surface area (Å²) in [6, 6.07) is 0. The Morgan fingerprint density at radius 2 is 1.50 bits per heavy atom. The van der Waals surface area contributed by atoms with E-state index in [0.29, 0.717) is 0 Å².